The number of benzene rings is 4. The third-order valence-corrected chi connectivity index (χ3v) is 9.50. The van der Waals surface area contributed by atoms with Crippen LogP contribution in [-0.4, -0.2) is 30.4 Å². The predicted molar refractivity (Wildman–Crippen MR) is 146 cm³/mol. The SMILES string of the molecule is O=S(=O)(NCc1ccc2c(c1)OCO2)c1ccc2c(c1)Oc1cc(S(=O)(=O)NCc3ccc4c(c3)OCO4)ccc1O2. The summed E-state index contributed by atoms with van der Waals surface area (Å²) < 4.78 is 90.3. The van der Waals surface area contributed by atoms with E-state index in [9.17, 15) is 16.8 Å². The Morgan fingerprint density at radius 2 is 0.881 bits per heavy atom. The van der Waals surface area contributed by atoms with E-state index in [1.54, 1.807) is 36.4 Å². The minimum absolute atomic E-state index is 0.0245. The van der Waals surface area contributed by atoms with E-state index < -0.39 is 20.0 Å². The van der Waals surface area contributed by atoms with Gasteiger partial charge in [-0.2, -0.15) is 0 Å². The first-order valence-electron chi connectivity index (χ1n) is 12.6. The van der Waals surface area contributed by atoms with Crippen molar-refractivity contribution in [3.05, 3.63) is 83.9 Å². The van der Waals surface area contributed by atoms with Crippen LogP contribution in [0.1, 0.15) is 11.1 Å². The lowest BCUT2D eigenvalue weighted by atomic mass is 10.2. The van der Waals surface area contributed by atoms with Crippen LogP contribution in [0, 0.1) is 0 Å². The second-order valence-electron chi connectivity index (χ2n) is 9.45. The van der Waals surface area contributed by atoms with Crippen molar-refractivity contribution >= 4 is 20.0 Å². The molecule has 0 aromatic heterocycles. The quantitative estimate of drug-likeness (QED) is 0.264. The molecule has 3 heterocycles. The van der Waals surface area contributed by atoms with Crippen molar-refractivity contribution in [3.8, 4) is 46.0 Å². The van der Waals surface area contributed by atoms with Gasteiger partial charge in [0.25, 0.3) is 0 Å². The highest BCUT2D eigenvalue weighted by molar-refractivity contribution is 7.89. The fourth-order valence-electron chi connectivity index (χ4n) is 4.50. The number of sulfonamides is 2. The third kappa shape index (κ3) is 5.05. The second kappa shape index (κ2) is 10.1. The van der Waals surface area contributed by atoms with Crippen LogP contribution >= 0.6 is 0 Å². The first kappa shape index (κ1) is 26.4. The Morgan fingerprint density at radius 3 is 1.36 bits per heavy atom. The van der Waals surface area contributed by atoms with Gasteiger partial charge < -0.3 is 28.4 Å². The van der Waals surface area contributed by atoms with Gasteiger partial charge in [0.1, 0.15) is 0 Å². The molecule has 3 aliphatic rings. The molecule has 42 heavy (non-hydrogen) atoms. The van der Waals surface area contributed by atoms with Crippen LogP contribution in [0.2, 0.25) is 0 Å². The van der Waals surface area contributed by atoms with Gasteiger partial charge in [-0.1, -0.05) is 12.1 Å². The van der Waals surface area contributed by atoms with E-state index in [4.69, 9.17) is 28.4 Å². The van der Waals surface area contributed by atoms with Crippen LogP contribution in [0.15, 0.2) is 82.6 Å². The monoisotopic (exact) mass is 610 g/mol. The molecular formula is C28H22N2O10S2. The zero-order chi connectivity index (χ0) is 28.9. The highest BCUT2D eigenvalue weighted by Crippen LogP contribution is 2.46. The van der Waals surface area contributed by atoms with E-state index in [0.29, 0.717) is 34.1 Å². The summed E-state index contributed by atoms with van der Waals surface area (Å²) in [5.74, 6) is 3.12. The molecule has 4 aromatic rings. The Labute approximate surface area is 240 Å². The zero-order valence-corrected chi connectivity index (χ0v) is 23.3. The lowest BCUT2D eigenvalue weighted by molar-refractivity contribution is 0.173. The largest absolute Gasteiger partial charge is 0.454 e. The Balaban J connectivity index is 1.05. The smallest absolute Gasteiger partial charge is 0.241 e. The van der Waals surface area contributed by atoms with Gasteiger partial charge in [0.05, 0.1) is 9.79 Å². The van der Waals surface area contributed by atoms with Gasteiger partial charge >= 0.3 is 0 Å². The molecule has 12 nitrogen and oxygen atoms in total. The Bertz CT molecular complexity index is 1810. The Morgan fingerprint density at radius 1 is 0.476 bits per heavy atom. The Hall–Kier alpha value is -4.50. The molecule has 7 rings (SSSR count). The number of ether oxygens (including phenoxy) is 6. The summed E-state index contributed by atoms with van der Waals surface area (Å²) in [7, 11) is -7.87. The van der Waals surface area contributed by atoms with Crippen molar-refractivity contribution in [1.29, 1.82) is 0 Å². The van der Waals surface area contributed by atoms with E-state index in [0.717, 1.165) is 0 Å². The maximum Gasteiger partial charge on any atom is 0.241 e. The fourth-order valence-corrected chi connectivity index (χ4v) is 6.57. The average Bonchev–Trinajstić information content (AvgIpc) is 3.66. The molecule has 0 unspecified atom stereocenters. The molecule has 0 saturated carbocycles. The lowest BCUT2D eigenvalue weighted by Crippen LogP contribution is -2.23. The van der Waals surface area contributed by atoms with Crippen molar-refractivity contribution in [3.63, 3.8) is 0 Å². The summed E-state index contributed by atoms with van der Waals surface area (Å²) >= 11 is 0. The molecule has 3 aliphatic heterocycles. The third-order valence-electron chi connectivity index (χ3n) is 6.70. The van der Waals surface area contributed by atoms with Crippen LogP contribution in [-0.2, 0) is 33.1 Å². The molecule has 0 radical (unpaired) electrons. The van der Waals surface area contributed by atoms with E-state index in [1.165, 1.54) is 36.4 Å². The van der Waals surface area contributed by atoms with E-state index in [1.807, 2.05) is 0 Å². The van der Waals surface area contributed by atoms with Gasteiger partial charge in [-0.15, -0.1) is 0 Å². The summed E-state index contributed by atoms with van der Waals surface area (Å²) in [5.41, 5.74) is 1.38. The molecule has 14 heteroatoms. The summed E-state index contributed by atoms with van der Waals surface area (Å²) in [4.78, 5) is -0.105. The fraction of sp³-hybridized carbons (Fsp3) is 0.143. The summed E-state index contributed by atoms with van der Waals surface area (Å²) in [6.07, 6.45) is 0. The number of nitrogens with one attached hydrogen (secondary N) is 2. The van der Waals surface area contributed by atoms with Crippen LogP contribution in [0.5, 0.6) is 46.0 Å². The number of hydrogen-bond donors (Lipinski definition) is 2. The molecule has 0 amide bonds. The minimum Gasteiger partial charge on any atom is -0.454 e. The number of fused-ring (bicyclic) bond motifs is 4. The topological polar surface area (TPSA) is 148 Å². The standard InChI is InChI=1S/C28H22N2O10S2/c31-41(32,29-13-17-1-5-21-25(9-17)37-15-35-21)19-3-7-23-27(11-19)40-28-12-20(4-8-24(28)39-23)42(33,34)30-14-18-2-6-22-26(10-18)38-16-36-22/h1-12,29-30H,13-16H2. The van der Waals surface area contributed by atoms with E-state index >= 15 is 0 Å². The normalized spacial score (nSPS) is 14.5. The second-order valence-corrected chi connectivity index (χ2v) is 13.0. The van der Waals surface area contributed by atoms with Crippen molar-refractivity contribution in [2.45, 2.75) is 22.9 Å². The summed E-state index contributed by atoms with van der Waals surface area (Å²) in [5, 5.41) is 0. The highest BCUT2D eigenvalue weighted by atomic mass is 32.2. The highest BCUT2D eigenvalue weighted by Gasteiger charge is 2.26. The zero-order valence-electron chi connectivity index (χ0n) is 21.7. The maximum atomic E-state index is 13.0. The molecule has 0 fully saturated rings. The molecule has 0 saturated heterocycles. The van der Waals surface area contributed by atoms with Crippen LogP contribution < -0.4 is 37.9 Å². The van der Waals surface area contributed by atoms with Gasteiger partial charge in [-0.05, 0) is 59.7 Å². The van der Waals surface area contributed by atoms with Gasteiger partial charge in [0.2, 0.25) is 33.6 Å². The molecule has 0 atom stereocenters. The Kier molecular flexibility index (Phi) is 6.35. The molecule has 0 aliphatic carbocycles. The van der Waals surface area contributed by atoms with Crippen LogP contribution in [0.3, 0.4) is 0 Å². The summed E-state index contributed by atoms with van der Waals surface area (Å²) in [6.45, 7) is 0.291. The predicted octanol–water partition coefficient (Wildman–Crippen LogP) is 4.00. The molecular weight excluding hydrogens is 588 g/mol. The maximum absolute atomic E-state index is 13.0. The van der Waals surface area contributed by atoms with Gasteiger partial charge in [0, 0.05) is 25.2 Å². The van der Waals surface area contributed by atoms with Crippen molar-refractivity contribution < 1.29 is 45.3 Å². The summed E-state index contributed by atoms with van der Waals surface area (Å²) in [6, 6.07) is 18.7. The minimum atomic E-state index is -3.93. The molecule has 0 bridgehead atoms. The van der Waals surface area contributed by atoms with Gasteiger partial charge in [0.15, 0.2) is 46.0 Å². The van der Waals surface area contributed by atoms with Gasteiger partial charge in [-0.25, -0.2) is 26.3 Å². The molecule has 216 valence electrons. The van der Waals surface area contributed by atoms with Crippen molar-refractivity contribution in [2.75, 3.05) is 13.6 Å². The average molecular weight is 611 g/mol. The van der Waals surface area contributed by atoms with E-state index in [-0.39, 0.29) is 59.5 Å². The van der Waals surface area contributed by atoms with Gasteiger partial charge in [-0.3, -0.25) is 0 Å². The van der Waals surface area contributed by atoms with Crippen LogP contribution in [0.25, 0.3) is 0 Å². The van der Waals surface area contributed by atoms with Crippen molar-refractivity contribution in [1.82, 2.24) is 9.44 Å². The van der Waals surface area contributed by atoms with E-state index in [2.05, 4.69) is 9.44 Å². The molecule has 0 spiro atoms. The molecule has 2 N–H and O–H groups in total. The number of hydrogen-bond acceptors (Lipinski definition) is 10. The first-order valence-corrected chi connectivity index (χ1v) is 15.6. The first-order chi connectivity index (χ1) is 20.2. The molecule has 4 aromatic carbocycles. The number of rotatable bonds is 8. The van der Waals surface area contributed by atoms with Crippen molar-refractivity contribution in [2.24, 2.45) is 0 Å². The van der Waals surface area contributed by atoms with Crippen LogP contribution in [0.4, 0.5) is 0 Å². The lowest BCUT2D eigenvalue weighted by Gasteiger charge is -2.22.